The average Bonchev–Trinajstić information content (AvgIpc) is 2.78. The van der Waals surface area contributed by atoms with Gasteiger partial charge in [-0.15, -0.1) is 0 Å². The summed E-state index contributed by atoms with van der Waals surface area (Å²) in [6.07, 6.45) is 13.6. The molecular formula is C28H36N4O. The average molecular weight is 445 g/mol. The molecule has 0 saturated heterocycles. The first kappa shape index (κ1) is 21.3. The standard InChI is InChI=1S/C28H36N4O/c33-26(17-28-14-21-11-22(15-28)13-23(12-21)16-28)31-27-24-8-10-32(18-25(24)29-19-30-27)9-4-7-20-5-2-1-3-6-20/h1-3,5-6,19,21-23H,4,7-18H2,(H,29,30,31,33). The Balaban J connectivity index is 1.06. The van der Waals surface area contributed by atoms with Gasteiger partial charge in [0.15, 0.2) is 0 Å². The van der Waals surface area contributed by atoms with E-state index in [9.17, 15) is 4.79 Å². The van der Waals surface area contributed by atoms with Crippen LogP contribution in [0.3, 0.4) is 0 Å². The van der Waals surface area contributed by atoms with Crippen LogP contribution < -0.4 is 5.32 Å². The van der Waals surface area contributed by atoms with Crippen molar-refractivity contribution in [2.24, 2.45) is 23.2 Å². The Morgan fingerprint density at radius 1 is 1.03 bits per heavy atom. The van der Waals surface area contributed by atoms with Crippen molar-refractivity contribution < 1.29 is 4.79 Å². The van der Waals surface area contributed by atoms with E-state index in [1.165, 1.54) is 44.1 Å². The number of fused-ring (bicyclic) bond motifs is 1. The third kappa shape index (κ3) is 4.57. The van der Waals surface area contributed by atoms with Crippen molar-refractivity contribution in [3.8, 4) is 0 Å². The molecule has 0 spiro atoms. The molecule has 33 heavy (non-hydrogen) atoms. The second-order valence-electron chi connectivity index (χ2n) is 11.4. The lowest BCUT2D eigenvalue weighted by atomic mass is 9.49. The quantitative estimate of drug-likeness (QED) is 0.652. The van der Waals surface area contributed by atoms with E-state index in [2.05, 4.69) is 50.5 Å². The molecule has 2 heterocycles. The summed E-state index contributed by atoms with van der Waals surface area (Å²) in [7, 11) is 0. The lowest BCUT2D eigenvalue weighted by molar-refractivity contribution is -0.124. The van der Waals surface area contributed by atoms with Gasteiger partial charge < -0.3 is 5.32 Å². The van der Waals surface area contributed by atoms with Crippen molar-refractivity contribution in [1.29, 1.82) is 0 Å². The Kier molecular flexibility index (Phi) is 5.69. The summed E-state index contributed by atoms with van der Waals surface area (Å²) in [6, 6.07) is 10.7. The minimum absolute atomic E-state index is 0.170. The first-order valence-corrected chi connectivity index (χ1v) is 13.0. The highest BCUT2D eigenvalue weighted by molar-refractivity contribution is 5.91. The van der Waals surface area contributed by atoms with Crippen LogP contribution in [-0.4, -0.2) is 33.9 Å². The fourth-order valence-electron chi connectivity index (χ4n) is 7.88. The largest absolute Gasteiger partial charge is 0.310 e. The van der Waals surface area contributed by atoms with Crippen LogP contribution in [-0.2, 0) is 24.2 Å². The van der Waals surface area contributed by atoms with Gasteiger partial charge in [0.05, 0.1) is 5.69 Å². The first-order chi connectivity index (χ1) is 16.1. The van der Waals surface area contributed by atoms with Crippen LogP contribution >= 0.6 is 0 Å². The summed E-state index contributed by atoms with van der Waals surface area (Å²) in [5.74, 6) is 3.57. The highest BCUT2D eigenvalue weighted by Gasteiger charge is 2.51. The molecule has 1 N–H and O–H groups in total. The van der Waals surface area contributed by atoms with E-state index in [0.717, 1.165) is 73.7 Å². The second-order valence-corrected chi connectivity index (χ2v) is 11.4. The minimum Gasteiger partial charge on any atom is -0.310 e. The van der Waals surface area contributed by atoms with Gasteiger partial charge in [-0.2, -0.15) is 0 Å². The molecule has 4 saturated carbocycles. The molecule has 1 amide bonds. The SMILES string of the molecule is O=C(CC12CC3CC(CC(C3)C1)C2)Nc1ncnc2c1CCN(CCCc1ccccc1)C2. The van der Waals surface area contributed by atoms with Gasteiger partial charge in [0.2, 0.25) is 5.91 Å². The Labute approximate surface area is 197 Å². The van der Waals surface area contributed by atoms with Crippen molar-refractivity contribution >= 4 is 11.7 Å². The molecule has 4 fully saturated rings. The van der Waals surface area contributed by atoms with Gasteiger partial charge >= 0.3 is 0 Å². The zero-order chi connectivity index (χ0) is 22.3. The summed E-state index contributed by atoms with van der Waals surface area (Å²) in [4.78, 5) is 24.7. The molecule has 174 valence electrons. The molecule has 0 atom stereocenters. The third-order valence-corrected chi connectivity index (χ3v) is 8.83. The molecule has 1 aromatic heterocycles. The molecule has 7 rings (SSSR count). The normalized spacial score (nSPS) is 30.2. The maximum atomic E-state index is 13.1. The number of nitrogens with zero attached hydrogens (tertiary/aromatic N) is 3. The number of amides is 1. The number of benzene rings is 1. The Morgan fingerprint density at radius 2 is 1.76 bits per heavy atom. The maximum absolute atomic E-state index is 13.1. The van der Waals surface area contributed by atoms with Crippen molar-refractivity contribution in [3.05, 3.63) is 53.5 Å². The van der Waals surface area contributed by atoms with Crippen LogP contribution in [0.4, 0.5) is 5.82 Å². The van der Waals surface area contributed by atoms with Gasteiger partial charge in [-0.3, -0.25) is 9.69 Å². The van der Waals surface area contributed by atoms with E-state index >= 15 is 0 Å². The molecule has 0 unspecified atom stereocenters. The third-order valence-electron chi connectivity index (χ3n) is 8.83. The number of carbonyl (C=O) groups is 1. The smallest absolute Gasteiger partial charge is 0.226 e. The number of anilines is 1. The van der Waals surface area contributed by atoms with Crippen molar-refractivity contribution in [3.63, 3.8) is 0 Å². The van der Waals surface area contributed by atoms with E-state index in [1.54, 1.807) is 6.33 Å². The molecule has 1 aliphatic heterocycles. The zero-order valence-corrected chi connectivity index (χ0v) is 19.6. The van der Waals surface area contributed by atoms with Gasteiger partial charge in [-0.1, -0.05) is 30.3 Å². The highest BCUT2D eigenvalue weighted by Crippen LogP contribution is 2.61. The maximum Gasteiger partial charge on any atom is 0.226 e. The topological polar surface area (TPSA) is 58.1 Å². The summed E-state index contributed by atoms with van der Waals surface area (Å²) in [6.45, 7) is 2.93. The van der Waals surface area contributed by atoms with Crippen LogP contribution in [0.2, 0.25) is 0 Å². The Morgan fingerprint density at radius 3 is 2.48 bits per heavy atom. The summed E-state index contributed by atoms with van der Waals surface area (Å²) in [5.41, 5.74) is 3.90. The fraction of sp³-hybridized carbons (Fsp3) is 0.607. The zero-order valence-electron chi connectivity index (χ0n) is 19.6. The number of nitrogens with one attached hydrogen (secondary N) is 1. The van der Waals surface area contributed by atoms with Gasteiger partial charge in [0.25, 0.3) is 0 Å². The Bertz CT molecular complexity index is 969. The van der Waals surface area contributed by atoms with Gasteiger partial charge in [-0.25, -0.2) is 9.97 Å². The summed E-state index contributed by atoms with van der Waals surface area (Å²) >= 11 is 0. The molecule has 1 aromatic carbocycles. The number of hydrogen-bond acceptors (Lipinski definition) is 4. The number of aromatic nitrogens is 2. The van der Waals surface area contributed by atoms with E-state index in [-0.39, 0.29) is 11.3 Å². The minimum atomic E-state index is 0.170. The molecule has 5 heteroatoms. The van der Waals surface area contributed by atoms with Crippen LogP contribution in [0.1, 0.15) is 68.2 Å². The van der Waals surface area contributed by atoms with Crippen LogP contribution in [0.15, 0.2) is 36.7 Å². The molecule has 5 aliphatic rings. The van der Waals surface area contributed by atoms with Gasteiger partial charge in [0, 0.05) is 25.1 Å². The fourth-order valence-corrected chi connectivity index (χ4v) is 7.88. The van der Waals surface area contributed by atoms with E-state index < -0.39 is 0 Å². The second kappa shape index (κ2) is 8.83. The molecule has 2 aromatic rings. The molecular weight excluding hydrogens is 408 g/mol. The van der Waals surface area contributed by atoms with Crippen molar-refractivity contribution in [2.75, 3.05) is 18.4 Å². The monoisotopic (exact) mass is 444 g/mol. The molecule has 0 radical (unpaired) electrons. The van der Waals surface area contributed by atoms with Crippen molar-refractivity contribution in [2.45, 2.75) is 70.8 Å². The Hall–Kier alpha value is -2.27. The molecule has 5 nitrogen and oxygen atoms in total. The van der Waals surface area contributed by atoms with Crippen LogP contribution in [0.5, 0.6) is 0 Å². The lowest BCUT2D eigenvalue weighted by Gasteiger charge is -2.56. The molecule has 4 aliphatic carbocycles. The van der Waals surface area contributed by atoms with Crippen LogP contribution in [0, 0.1) is 23.2 Å². The van der Waals surface area contributed by atoms with Gasteiger partial charge in [0.1, 0.15) is 12.1 Å². The number of carbonyl (C=O) groups excluding carboxylic acids is 1. The summed E-state index contributed by atoms with van der Waals surface area (Å²) in [5, 5.41) is 3.22. The predicted molar refractivity (Wildman–Crippen MR) is 130 cm³/mol. The van der Waals surface area contributed by atoms with E-state index in [1.807, 2.05) is 0 Å². The number of hydrogen-bond donors (Lipinski definition) is 1. The number of rotatable bonds is 7. The van der Waals surface area contributed by atoms with Crippen LogP contribution in [0.25, 0.3) is 0 Å². The van der Waals surface area contributed by atoms with Gasteiger partial charge in [-0.05, 0) is 93.1 Å². The van der Waals surface area contributed by atoms with E-state index in [0.29, 0.717) is 6.42 Å². The van der Waals surface area contributed by atoms with Crippen molar-refractivity contribution in [1.82, 2.24) is 14.9 Å². The first-order valence-electron chi connectivity index (χ1n) is 13.0. The van der Waals surface area contributed by atoms with E-state index in [4.69, 9.17) is 0 Å². The highest BCUT2D eigenvalue weighted by atomic mass is 16.1. The molecule has 4 bridgehead atoms. The number of aryl methyl sites for hydroxylation is 1. The lowest BCUT2D eigenvalue weighted by Crippen LogP contribution is -2.47. The predicted octanol–water partition coefficient (Wildman–Crippen LogP) is 5.01. The summed E-state index contributed by atoms with van der Waals surface area (Å²) < 4.78 is 0.